The van der Waals surface area contributed by atoms with Crippen molar-refractivity contribution >= 4 is 34.5 Å². The first-order valence-corrected chi connectivity index (χ1v) is 19.8. The SMILES string of the molecule is CN1CCN(C)B1/C=C(\C=[C](\c1ccccc1)[Sn]([CH3])([CH3])[CH3])c1ccccc1. The Kier molecular flexibility index (Phi) is 6.67. The van der Waals surface area contributed by atoms with Gasteiger partial charge in [-0.15, -0.1) is 0 Å². The van der Waals surface area contributed by atoms with E-state index >= 15 is 0 Å². The molecule has 2 aromatic carbocycles. The van der Waals surface area contributed by atoms with Gasteiger partial charge in [0.1, 0.15) is 0 Å². The van der Waals surface area contributed by atoms with Gasteiger partial charge in [0, 0.05) is 0 Å². The molecule has 0 bridgehead atoms. The molecule has 2 aromatic rings. The summed E-state index contributed by atoms with van der Waals surface area (Å²) < 4.78 is 1.57. The van der Waals surface area contributed by atoms with Crippen molar-refractivity contribution < 1.29 is 0 Å². The van der Waals surface area contributed by atoms with E-state index in [0.717, 1.165) is 13.1 Å². The molecule has 3 rings (SSSR count). The molecule has 4 heteroatoms. The summed E-state index contributed by atoms with van der Waals surface area (Å²) in [5.41, 5.74) is 4.03. The van der Waals surface area contributed by atoms with E-state index in [0.29, 0.717) is 6.98 Å². The number of likely N-dealkylation sites (N-methyl/N-ethyl adjacent to an activating group) is 2. The Bertz CT molecular complexity index is 799. The minimum atomic E-state index is -2.33. The Hall–Kier alpha value is -1.30. The zero-order valence-electron chi connectivity index (χ0n) is 17.3. The zero-order chi connectivity index (χ0) is 19.4. The van der Waals surface area contributed by atoms with Crippen molar-refractivity contribution in [3.8, 4) is 0 Å². The molecule has 0 spiro atoms. The third kappa shape index (κ3) is 5.15. The number of rotatable bonds is 5. The molecule has 140 valence electrons. The van der Waals surface area contributed by atoms with Gasteiger partial charge in [0.05, 0.1) is 0 Å². The normalized spacial score (nSPS) is 17.6. The fraction of sp³-hybridized carbons (Fsp3) is 0.304. The van der Waals surface area contributed by atoms with Crippen LogP contribution in [0.1, 0.15) is 11.1 Å². The molecule has 27 heavy (non-hydrogen) atoms. The molecule has 0 aromatic heterocycles. The molecule has 0 amide bonds. The summed E-state index contributed by atoms with van der Waals surface area (Å²) in [6, 6.07) is 21.8. The van der Waals surface area contributed by atoms with Gasteiger partial charge in [-0.1, -0.05) is 0 Å². The topological polar surface area (TPSA) is 6.48 Å². The molecule has 1 heterocycles. The fourth-order valence-corrected chi connectivity index (χ4v) is 8.32. The van der Waals surface area contributed by atoms with Crippen LogP contribution in [0.25, 0.3) is 9.16 Å². The summed E-state index contributed by atoms with van der Waals surface area (Å²) >= 11 is -2.33. The van der Waals surface area contributed by atoms with Crippen LogP contribution in [0, 0.1) is 0 Å². The molecule has 0 N–H and O–H groups in total. The van der Waals surface area contributed by atoms with Crippen molar-refractivity contribution in [1.82, 2.24) is 9.62 Å². The maximum absolute atomic E-state index is 2.50. The van der Waals surface area contributed by atoms with E-state index in [1.807, 2.05) is 0 Å². The van der Waals surface area contributed by atoms with E-state index in [-0.39, 0.29) is 0 Å². The van der Waals surface area contributed by atoms with E-state index in [1.165, 1.54) is 16.7 Å². The molecule has 0 radical (unpaired) electrons. The Labute approximate surface area is 169 Å². The van der Waals surface area contributed by atoms with Gasteiger partial charge in [0.25, 0.3) is 0 Å². The molecule has 0 aliphatic carbocycles. The van der Waals surface area contributed by atoms with E-state index in [2.05, 4.69) is 111 Å². The first-order valence-electron chi connectivity index (χ1n) is 9.81. The van der Waals surface area contributed by atoms with Crippen molar-refractivity contribution in [3.63, 3.8) is 0 Å². The van der Waals surface area contributed by atoms with Gasteiger partial charge in [0.2, 0.25) is 0 Å². The quantitative estimate of drug-likeness (QED) is 0.457. The number of hydrogen-bond acceptors (Lipinski definition) is 2. The molecule has 1 saturated heterocycles. The molecule has 2 nitrogen and oxygen atoms in total. The van der Waals surface area contributed by atoms with Gasteiger partial charge in [-0.05, 0) is 0 Å². The Morgan fingerprint density at radius 3 is 1.78 bits per heavy atom. The fourth-order valence-electron chi connectivity index (χ4n) is 3.70. The monoisotopic (exact) mass is 466 g/mol. The zero-order valence-corrected chi connectivity index (χ0v) is 20.2. The predicted molar refractivity (Wildman–Crippen MR) is 123 cm³/mol. The summed E-state index contributed by atoms with van der Waals surface area (Å²) in [5.74, 6) is 2.45. The van der Waals surface area contributed by atoms with Crippen molar-refractivity contribution in [2.45, 2.75) is 14.8 Å². The number of nitrogens with zero attached hydrogens (tertiary/aromatic N) is 2. The van der Waals surface area contributed by atoms with E-state index in [1.54, 1.807) is 3.59 Å². The van der Waals surface area contributed by atoms with Crippen LogP contribution in [0.2, 0.25) is 14.8 Å². The van der Waals surface area contributed by atoms with Crippen LogP contribution >= 0.6 is 0 Å². The van der Waals surface area contributed by atoms with Crippen molar-refractivity contribution in [1.29, 1.82) is 0 Å². The average Bonchev–Trinajstić information content (AvgIpc) is 2.97. The Morgan fingerprint density at radius 1 is 0.815 bits per heavy atom. The van der Waals surface area contributed by atoms with Gasteiger partial charge >= 0.3 is 170 Å². The van der Waals surface area contributed by atoms with E-state index < -0.39 is 18.4 Å². The second-order valence-corrected chi connectivity index (χ2v) is 22.9. The molecule has 0 saturated carbocycles. The molecule has 0 unspecified atom stereocenters. The van der Waals surface area contributed by atoms with Crippen LogP contribution in [0.3, 0.4) is 0 Å². The Morgan fingerprint density at radius 2 is 1.30 bits per heavy atom. The van der Waals surface area contributed by atoms with Crippen LogP contribution in [0.4, 0.5) is 0 Å². The van der Waals surface area contributed by atoms with Gasteiger partial charge in [0.15, 0.2) is 0 Å². The standard InChI is InChI=1S/C20H22BN2.3CH3.Sn/c1-22-15-16-23(2)21(22)17-20(19-11-7-4-8-12-19)14-13-18-9-5-3-6-10-18;;;;/h3-12,14,17H,15-16H2,1-2H3;3*1H3;/b14-13?,20-17+;;;;. The van der Waals surface area contributed by atoms with Gasteiger partial charge in [-0.3, -0.25) is 0 Å². The molecule has 1 fully saturated rings. The first-order chi connectivity index (χ1) is 12.9. The molecular weight excluding hydrogens is 434 g/mol. The van der Waals surface area contributed by atoms with Crippen LogP contribution < -0.4 is 0 Å². The third-order valence-corrected chi connectivity index (χ3v) is 11.2. The summed E-state index contributed by atoms with van der Waals surface area (Å²) in [5, 5.41) is 0. The number of benzene rings is 2. The molecular formula is C23H31BN2Sn. The van der Waals surface area contributed by atoms with Crippen LogP contribution in [-0.4, -0.2) is 62.2 Å². The summed E-state index contributed by atoms with van der Waals surface area (Å²) in [6.45, 7) is 2.59. The Balaban J connectivity index is 2.13. The van der Waals surface area contributed by atoms with Gasteiger partial charge in [-0.2, -0.15) is 0 Å². The second-order valence-electron chi connectivity index (χ2n) is 8.54. The summed E-state index contributed by atoms with van der Waals surface area (Å²) in [4.78, 5) is 12.4. The molecule has 0 atom stereocenters. The summed E-state index contributed by atoms with van der Waals surface area (Å²) in [6.07, 6.45) is 2.49. The van der Waals surface area contributed by atoms with Crippen molar-refractivity contribution in [2.24, 2.45) is 0 Å². The van der Waals surface area contributed by atoms with Gasteiger partial charge < -0.3 is 0 Å². The van der Waals surface area contributed by atoms with Crippen LogP contribution in [-0.2, 0) is 0 Å². The first kappa shape index (κ1) is 20.4. The second kappa shape index (κ2) is 8.81. The predicted octanol–water partition coefficient (Wildman–Crippen LogP) is 4.94. The maximum atomic E-state index is 2.50. The van der Waals surface area contributed by atoms with Crippen molar-refractivity contribution in [2.75, 3.05) is 27.2 Å². The summed E-state index contributed by atoms with van der Waals surface area (Å²) in [7, 11) is 4.44. The van der Waals surface area contributed by atoms with E-state index in [4.69, 9.17) is 0 Å². The third-order valence-electron chi connectivity index (χ3n) is 5.34. The molecule has 1 aliphatic rings. The van der Waals surface area contributed by atoms with Crippen molar-refractivity contribution in [3.05, 3.63) is 83.8 Å². The minimum absolute atomic E-state index is 0.351. The number of hydrogen-bond donors (Lipinski definition) is 0. The van der Waals surface area contributed by atoms with E-state index in [9.17, 15) is 0 Å². The number of allylic oxidation sites excluding steroid dienone is 2. The van der Waals surface area contributed by atoms with Crippen LogP contribution in [0.5, 0.6) is 0 Å². The van der Waals surface area contributed by atoms with Crippen LogP contribution in [0.15, 0.2) is 72.7 Å². The average molecular weight is 465 g/mol. The van der Waals surface area contributed by atoms with Gasteiger partial charge in [-0.25, -0.2) is 0 Å². The molecule has 1 aliphatic heterocycles.